The molecule has 0 saturated carbocycles. The number of aromatic nitrogens is 3. The van der Waals surface area contributed by atoms with Gasteiger partial charge in [-0.25, -0.2) is 23.4 Å². The molecule has 4 rings (SSSR count). The fraction of sp³-hybridized carbons (Fsp3) is 0.125. The number of nitrogens with zero attached hydrogens (tertiary/aromatic N) is 5. The van der Waals surface area contributed by atoms with Crippen molar-refractivity contribution in [1.82, 2.24) is 15.0 Å². The molecule has 11 heteroatoms. The van der Waals surface area contributed by atoms with E-state index in [4.69, 9.17) is 17.3 Å². The number of hydrogen-bond donors (Lipinski definition) is 1. The van der Waals surface area contributed by atoms with Crippen molar-refractivity contribution in [2.75, 3.05) is 16.9 Å². The number of hydrogen-bond acceptors (Lipinski definition) is 8. The van der Waals surface area contributed by atoms with Crippen LogP contribution in [0.4, 0.5) is 11.5 Å². The Labute approximate surface area is 206 Å². The summed E-state index contributed by atoms with van der Waals surface area (Å²) in [5.74, 6) is -0.332. The van der Waals surface area contributed by atoms with E-state index in [0.717, 1.165) is 11.6 Å². The molecule has 35 heavy (non-hydrogen) atoms. The third-order valence-corrected chi connectivity index (χ3v) is 6.59. The minimum absolute atomic E-state index is 0.00620. The first kappa shape index (κ1) is 24.1. The summed E-state index contributed by atoms with van der Waals surface area (Å²) in [6.45, 7) is 1.68. The lowest BCUT2D eigenvalue weighted by molar-refractivity contribution is 0.0984. The SMILES string of the molecule is Cc1cc(C(=O)N(Cc2ccc3cc(Cl)c(N)nc3c2)c2cccnc2S(C)(=O)=O)cnc1C#N. The van der Waals surface area contributed by atoms with Crippen LogP contribution in [0.1, 0.15) is 27.2 Å². The van der Waals surface area contributed by atoms with E-state index in [1.807, 2.05) is 6.07 Å². The third kappa shape index (κ3) is 4.91. The summed E-state index contributed by atoms with van der Waals surface area (Å²) < 4.78 is 24.9. The average Bonchev–Trinajstić information content (AvgIpc) is 2.82. The number of anilines is 2. The zero-order chi connectivity index (χ0) is 25.3. The topological polar surface area (TPSA) is 143 Å². The summed E-state index contributed by atoms with van der Waals surface area (Å²) in [4.78, 5) is 27.4. The summed E-state index contributed by atoms with van der Waals surface area (Å²) >= 11 is 6.07. The fourth-order valence-corrected chi connectivity index (χ4v) is 4.56. The lowest BCUT2D eigenvalue weighted by Crippen LogP contribution is -2.32. The molecule has 9 nitrogen and oxygen atoms in total. The summed E-state index contributed by atoms with van der Waals surface area (Å²) in [5.41, 5.74) is 8.12. The van der Waals surface area contributed by atoms with Crippen LogP contribution in [-0.4, -0.2) is 35.5 Å². The van der Waals surface area contributed by atoms with Crippen molar-refractivity contribution in [3.8, 4) is 6.07 Å². The molecule has 2 N–H and O–H groups in total. The highest BCUT2D eigenvalue weighted by Crippen LogP contribution is 2.28. The van der Waals surface area contributed by atoms with Gasteiger partial charge in [0.25, 0.3) is 5.91 Å². The Kier molecular flexibility index (Phi) is 6.39. The zero-order valence-corrected chi connectivity index (χ0v) is 20.3. The van der Waals surface area contributed by atoms with Crippen LogP contribution in [0.25, 0.3) is 10.9 Å². The van der Waals surface area contributed by atoms with Crippen LogP contribution in [0.5, 0.6) is 0 Å². The van der Waals surface area contributed by atoms with Gasteiger partial charge in [-0.1, -0.05) is 23.7 Å². The average molecular weight is 507 g/mol. The van der Waals surface area contributed by atoms with E-state index >= 15 is 0 Å². The lowest BCUT2D eigenvalue weighted by Gasteiger charge is -2.25. The van der Waals surface area contributed by atoms with Gasteiger partial charge in [0.2, 0.25) is 0 Å². The Hall–Kier alpha value is -4.07. The number of pyridine rings is 3. The number of sulfone groups is 1. The minimum atomic E-state index is -3.76. The van der Waals surface area contributed by atoms with Crippen LogP contribution in [0.3, 0.4) is 0 Å². The van der Waals surface area contributed by atoms with Crippen molar-refractivity contribution in [3.63, 3.8) is 0 Å². The number of amides is 1. The van der Waals surface area contributed by atoms with Crippen LogP contribution in [0.15, 0.2) is 59.9 Å². The largest absolute Gasteiger partial charge is 0.382 e. The second-order valence-corrected chi connectivity index (χ2v) is 10.2. The summed E-state index contributed by atoms with van der Waals surface area (Å²) in [6, 6.07) is 13.6. The highest BCUT2D eigenvalue weighted by molar-refractivity contribution is 7.90. The highest BCUT2D eigenvalue weighted by atomic mass is 35.5. The van der Waals surface area contributed by atoms with Crippen LogP contribution >= 0.6 is 11.6 Å². The maximum atomic E-state index is 13.7. The van der Waals surface area contributed by atoms with E-state index in [0.29, 0.717) is 21.7 Å². The molecule has 0 unspecified atom stereocenters. The number of nitrogens with two attached hydrogens (primary N) is 1. The van der Waals surface area contributed by atoms with Gasteiger partial charge in [-0.2, -0.15) is 5.26 Å². The van der Waals surface area contributed by atoms with E-state index in [1.165, 1.54) is 23.4 Å². The number of benzene rings is 1. The molecule has 0 aliphatic heterocycles. The van der Waals surface area contributed by atoms with E-state index < -0.39 is 15.7 Å². The molecule has 3 aromatic heterocycles. The van der Waals surface area contributed by atoms with Crippen LogP contribution in [-0.2, 0) is 16.4 Å². The van der Waals surface area contributed by atoms with Crippen molar-refractivity contribution in [3.05, 3.63) is 82.3 Å². The first-order valence-corrected chi connectivity index (χ1v) is 12.5. The Morgan fingerprint density at radius 1 is 1.20 bits per heavy atom. The number of nitriles is 1. The van der Waals surface area contributed by atoms with Gasteiger partial charge in [-0.05, 0) is 48.4 Å². The van der Waals surface area contributed by atoms with Crippen LogP contribution < -0.4 is 10.6 Å². The molecule has 0 atom stereocenters. The van der Waals surface area contributed by atoms with Crippen molar-refractivity contribution in [2.24, 2.45) is 0 Å². The van der Waals surface area contributed by atoms with Gasteiger partial charge in [0.05, 0.1) is 28.3 Å². The predicted molar refractivity (Wildman–Crippen MR) is 133 cm³/mol. The molecule has 0 fully saturated rings. The van der Waals surface area contributed by atoms with Gasteiger partial charge >= 0.3 is 0 Å². The number of halogens is 1. The number of carbonyl (C=O) groups excluding carboxylic acids is 1. The van der Waals surface area contributed by atoms with Crippen molar-refractivity contribution in [1.29, 1.82) is 5.26 Å². The molecular formula is C24H19ClN6O3S. The quantitative estimate of drug-likeness (QED) is 0.431. The van der Waals surface area contributed by atoms with Gasteiger partial charge < -0.3 is 10.6 Å². The van der Waals surface area contributed by atoms with Crippen molar-refractivity contribution < 1.29 is 13.2 Å². The van der Waals surface area contributed by atoms with Gasteiger partial charge in [0.15, 0.2) is 14.9 Å². The summed E-state index contributed by atoms with van der Waals surface area (Å²) in [6.07, 6.45) is 3.67. The van der Waals surface area contributed by atoms with Gasteiger partial charge in [0.1, 0.15) is 17.6 Å². The first-order valence-electron chi connectivity index (χ1n) is 10.3. The second-order valence-electron chi connectivity index (χ2n) is 7.87. The Bertz CT molecular complexity index is 1630. The highest BCUT2D eigenvalue weighted by Gasteiger charge is 2.26. The summed E-state index contributed by atoms with van der Waals surface area (Å²) in [5, 5.41) is 10.0. The number of aryl methyl sites for hydroxylation is 1. The van der Waals surface area contributed by atoms with E-state index in [-0.39, 0.29) is 34.3 Å². The van der Waals surface area contributed by atoms with E-state index in [1.54, 1.807) is 43.3 Å². The maximum absolute atomic E-state index is 13.7. The Balaban J connectivity index is 1.85. The van der Waals surface area contributed by atoms with E-state index in [2.05, 4.69) is 15.0 Å². The van der Waals surface area contributed by atoms with Gasteiger partial charge in [0, 0.05) is 24.0 Å². The molecule has 0 aliphatic rings. The Morgan fingerprint density at radius 3 is 2.66 bits per heavy atom. The predicted octanol–water partition coefficient (Wildman–Crippen LogP) is 3.69. The third-order valence-electron chi connectivity index (χ3n) is 5.27. The first-order chi connectivity index (χ1) is 16.6. The smallest absolute Gasteiger partial charge is 0.260 e. The van der Waals surface area contributed by atoms with Crippen molar-refractivity contribution in [2.45, 2.75) is 18.5 Å². The zero-order valence-electron chi connectivity index (χ0n) is 18.7. The number of nitrogen functional groups attached to an aromatic ring is 1. The number of rotatable bonds is 5. The maximum Gasteiger partial charge on any atom is 0.260 e. The molecule has 0 aliphatic carbocycles. The molecule has 0 saturated heterocycles. The second kappa shape index (κ2) is 9.29. The van der Waals surface area contributed by atoms with E-state index in [9.17, 15) is 18.5 Å². The molecule has 176 valence electrons. The number of fused-ring (bicyclic) bond motifs is 1. The monoisotopic (exact) mass is 506 g/mol. The molecule has 1 aromatic carbocycles. The Morgan fingerprint density at radius 2 is 1.97 bits per heavy atom. The molecule has 1 amide bonds. The molecule has 4 aromatic rings. The lowest BCUT2D eigenvalue weighted by atomic mass is 10.1. The van der Waals surface area contributed by atoms with Gasteiger partial charge in [-0.15, -0.1) is 0 Å². The van der Waals surface area contributed by atoms with Crippen molar-refractivity contribution >= 4 is 49.8 Å². The molecular weight excluding hydrogens is 488 g/mol. The minimum Gasteiger partial charge on any atom is -0.382 e. The number of carbonyl (C=O) groups is 1. The summed E-state index contributed by atoms with van der Waals surface area (Å²) in [7, 11) is -3.76. The normalized spacial score (nSPS) is 11.3. The van der Waals surface area contributed by atoms with Crippen LogP contribution in [0, 0.1) is 18.3 Å². The standard InChI is InChI=1S/C24H19ClN6O3S/c1-14-8-17(12-29-20(14)11-26)24(32)31(21-4-3-7-28-23(21)35(2,33)34)13-15-5-6-16-10-18(25)22(27)30-19(16)9-15/h3-10,12H,13H2,1-2H3,(H2,27,30). The fourth-order valence-electron chi connectivity index (χ4n) is 3.59. The molecule has 0 bridgehead atoms. The molecule has 0 radical (unpaired) electrons. The molecule has 3 heterocycles. The van der Waals surface area contributed by atoms with Crippen LogP contribution in [0.2, 0.25) is 5.02 Å². The molecule has 0 spiro atoms. The van der Waals surface area contributed by atoms with Gasteiger partial charge in [-0.3, -0.25) is 4.79 Å².